The molecule has 3 saturated heterocycles. The van der Waals surface area contributed by atoms with Crippen molar-refractivity contribution in [1.82, 2.24) is 29.4 Å². The number of carbonyl (C=O) groups is 7. The minimum absolute atomic E-state index is 0.133. The maximum Gasteiger partial charge on any atom is 0.327 e. The average molecular weight is 567 g/mol. The number of hydrogen-bond donors (Lipinski definition) is 0. The summed E-state index contributed by atoms with van der Waals surface area (Å²) in [4.78, 5) is 88.1. The molecule has 0 aromatic carbocycles. The first kappa shape index (κ1) is 34.8. The Hall–Kier alpha value is -3.19. The van der Waals surface area contributed by atoms with Crippen molar-refractivity contribution in [3.63, 3.8) is 0 Å². The van der Waals surface area contributed by atoms with Gasteiger partial charge in [-0.2, -0.15) is 0 Å². The third-order valence-electron chi connectivity index (χ3n) is 7.51. The van der Waals surface area contributed by atoms with Crippen LogP contribution in [-0.2, 0) is 24.0 Å². The van der Waals surface area contributed by atoms with Gasteiger partial charge in [0.25, 0.3) is 11.8 Å². The Kier molecular flexibility index (Phi) is 10.9. The lowest BCUT2D eigenvalue weighted by atomic mass is 10.1. The molecule has 0 radical (unpaired) electrons. The van der Waals surface area contributed by atoms with Gasteiger partial charge in [-0.1, -0.05) is 0 Å². The van der Waals surface area contributed by atoms with Crippen LogP contribution in [0.3, 0.4) is 0 Å². The van der Waals surface area contributed by atoms with E-state index in [1.165, 1.54) is 23.6 Å². The van der Waals surface area contributed by atoms with Gasteiger partial charge in [0, 0.05) is 26.2 Å². The third kappa shape index (κ3) is 7.72. The van der Waals surface area contributed by atoms with Gasteiger partial charge < -0.3 is 9.80 Å². The predicted octanol–water partition coefficient (Wildman–Crippen LogP) is 1.05. The molecule has 0 N–H and O–H groups in total. The highest BCUT2D eigenvalue weighted by Gasteiger charge is 2.50. The maximum absolute atomic E-state index is 11.7. The number of hydrogen-bond acceptors (Lipinski definition) is 9. The Balaban J connectivity index is 0.000000301. The number of nitrogens with zero attached hydrogens (tertiary/aromatic N) is 6. The molecule has 0 saturated carbocycles. The molecule has 0 aromatic heterocycles. The highest BCUT2D eigenvalue weighted by Crippen LogP contribution is 2.26. The van der Waals surface area contributed by atoms with Crippen LogP contribution in [0.1, 0.15) is 62.3 Å². The highest BCUT2D eigenvalue weighted by molar-refractivity contribution is 6.09. The molecule has 0 bridgehead atoms. The first-order valence-corrected chi connectivity index (χ1v) is 13.1. The van der Waals surface area contributed by atoms with Crippen molar-refractivity contribution in [2.45, 2.75) is 78.9 Å². The first-order valence-electron chi connectivity index (χ1n) is 13.1. The van der Waals surface area contributed by atoms with Gasteiger partial charge in [-0.25, -0.2) is 9.59 Å². The van der Waals surface area contributed by atoms with E-state index in [1.54, 1.807) is 48.7 Å². The van der Waals surface area contributed by atoms with Crippen LogP contribution in [-0.4, -0.2) is 141 Å². The zero-order valence-corrected chi connectivity index (χ0v) is 26.1. The summed E-state index contributed by atoms with van der Waals surface area (Å²) in [5.74, 6) is -0.780. The van der Waals surface area contributed by atoms with Crippen molar-refractivity contribution in [2.24, 2.45) is 0 Å². The minimum atomic E-state index is -0.841. The normalized spacial score (nSPS) is 21.8. The summed E-state index contributed by atoms with van der Waals surface area (Å²) < 4.78 is 0. The van der Waals surface area contributed by atoms with Gasteiger partial charge >= 0.3 is 12.1 Å². The molecule has 13 nitrogen and oxygen atoms in total. The van der Waals surface area contributed by atoms with E-state index in [2.05, 4.69) is 30.7 Å². The number of urea groups is 2. The van der Waals surface area contributed by atoms with E-state index < -0.39 is 23.1 Å². The molecule has 3 heterocycles. The number of likely N-dealkylation sites (N-methyl/N-ethyl adjacent to an activating group) is 3. The summed E-state index contributed by atoms with van der Waals surface area (Å²) in [5.41, 5.74) is -1.46. The molecule has 0 unspecified atom stereocenters. The molecule has 40 heavy (non-hydrogen) atoms. The van der Waals surface area contributed by atoms with Gasteiger partial charge in [-0.3, -0.25) is 43.6 Å². The van der Waals surface area contributed by atoms with E-state index in [-0.39, 0.29) is 47.8 Å². The van der Waals surface area contributed by atoms with Crippen LogP contribution in [0.25, 0.3) is 0 Å². The summed E-state index contributed by atoms with van der Waals surface area (Å²) in [5, 5.41) is 0. The lowest BCUT2D eigenvalue weighted by Gasteiger charge is -2.25. The highest BCUT2D eigenvalue weighted by atomic mass is 16.2. The van der Waals surface area contributed by atoms with E-state index in [1.807, 2.05) is 0 Å². The summed E-state index contributed by atoms with van der Waals surface area (Å²) >= 11 is 0. The number of rotatable bonds is 6. The fraction of sp³-hybridized carbons (Fsp3) is 0.741. The van der Waals surface area contributed by atoms with Crippen LogP contribution in [0, 0.1) is 0 Å². The van der Waals surface area contributed by atoms with Gasteiger partial charge in [0.05, 0.1) is 26.3 Å². The number of imide groups is 2. The number of Topliss-reactive ketones (excluding diaryl/α,β-unsaturated/α-hetero) is 3. The molecule has 3 fully saturated rings. The molecular formula is C27H46N6O7. The lowest BCUT2D eigenvalue weighted by Crippen LogP contribution is -2.41. The van der Waals surface area contributed by atoms with Crippen LogP contribution < -0.4 is 0 Å². The van der Waals surface area contributed by atoms with E-state index in [4.69, 9.17) is 0 Å². The smallest absolute Gasteiger partial charge is 0.313 e. The number of ketones is 3. The molecule has 226 valence electrons. The molecule has 0 atom stereocenters. The number of amides is 6. The molecule has 0 spiro atoms. The van der Waals surface area contributed by atoms with Crippen molar-refractivity contribution in [2.75, 3.05) is 54.0 Å². The monoisotopic (exact) mass is 566 g/mol. The van der Waals surface area contributed by atoms with E-state index in [9.17, 15) is 33.6 Å². The molecular weight excluding hydrogens is 520 g/mol. The van der Waals surface area contributed by atoms with Crippen molar-refractivity contribution >= 4 is 41.2 Å². The molecule has 6 amide bonds. The van der Waals surface area contributed by atoms with Gasteiger partial charge in [-0.15, -0.1) is 0 Å². The van der Waals surface area contributed by atoms with Gasteiger partial charge in [-0.05, 0) is 69.4 Å². The fourth-order valence-electron chi connectivity index (χ4n) is 4.32. The Labute approximate surface area is 237 Å². The van der Waals surface area contributed by atoms with Crippen LogP contribution in [0.5, 0.6) is 0 Å². The van der Waals surface area contributed by atoms with Crippen molar-refractivity contribution in [3.8, 4) is 0 Å². The second-order valence-electron chi connectivity index (χ2n) is 12.3. The Morgan fingerprint density at radius 2 is 0.950 bits per heavy atom. The third-order valence-corrected chi connectivity index (χ3v) is 7.51. The molecule has 13 heteroatoms. The second kappa shape index (κ2) is 12.5. The molecule has 3 rings (SSSR count). The summed E-state index contributed by atoms with van der Waals surface area (Å²) in [6.07, 6.45) is 0. The van der Waals surface area contributed by atoms with Crippen molar-refractivity contribution < 1.29 is 33.6 Å². The molecule has 0 aromatic rings. The zero-order chi connectivity index (χ0) is 31.5. The van der Waals surface area contributed by atoms with Crippen molar-refractivity contribution in [1.29, 1.82) is 0 Å². The Morgan fingerprint density at radius 3 is 1.15 bits per heavy atom. The van der Waals surface area contributed by atoms with E-state index >= 15 is 0 Å². The maximum atomic E-state index is 11.7. The first-order chi connectivity index (χ1) is 18.0. The average Bonchev–Trinajstić information content (AvgIpc) is 3.20. The quantitative estimate of drug-likeness (QED) is 0.432. The predicted molar refractivity (Wildman–Crippen MR) is 148 cm³/mol. The van der Waals surface area contributed by atoms with Crippen LogP contribution in [0.2, 0.25) is 0 Å². The van der Waals surface area contributed by atoms with Crippen LogP contribution >= 0.6 is 0 Å². The van der Waals surface area contributed by atoms with Gasteiger partial charge in [0.1, 0.15) is 28.4 Å². The fourth-order valence-corrected chi connectivity index (χ4v) is 4.32. The van der Waals surface area contributed by atoms with E-state index in [0.29, 0.717) is 6.54 Å². The summed E-state index contributed by atoms with van der Waals surface area (Å²) in [6, 6.07) is -0.814. The second-order valence-corrected chi connectivity index (χ2v) is 12.3. The van der Waals surface area contributed by atoms with Gasteiger partial charge in [0.2, 0.25) is 0 Å². The minimum Gasteiger partial charge on any atom is -0.313 e. The van der Waals surface area contributed by atoms with Crippen LogP contribution in [0.15, 0.2) is 0 Å². The Bertz CT molecular complexity index is 1010. The largest absolute Gasteiger partial charge is 0.327 e. The summed E-state index contributed by atoms with van der Waals surface area (Å²) in [7, 11) is 5.21. The van der Waals surface area contributed by atoms with E-state index in [0.717, 1.165) is 23.0 Å². The molecule has 3 aliphatic heterocycles. The molecule has 0 aliphatic carbocycles. The summed E-state index contributed by atoms with van der Waals surface area (Å²) in [6.45, 7) is 17.6. The zero-order valence-electron chi connectivity index (χ0n) is 26.1. The molecule has 3 aliphatic rings. The lowest BCUT2D eigenvalue weighted by molar-refractivity contribution is -0.134. The van der Waals surface area contributed by atoms with Crippen LogP contribution in [0.4, 0.5) is 9.59 Å². The standard InChI is InChI=1S/2C9H14N2O3.C9H18N2O/c2*1-6(12)5-11-7(13)9(2,3)10(4)8(11)14;1-8(12)5-11-6-9(2,3)10(4)7-11/h2*5H2,1-4H3;5-7H2,1-4H3. The SMILES string of the molecule is CC(=O)CN1C(=O)N(C)C(C)(C)C1=O.CC(=O)CN1C(=O)N(C)C(C)(C)C1=O.CC(=O)CN1CN(C)C(C)(C)C1. The number of carbonyl (C=O) groups excluding carboxylic acids is 7. The van der Waals surface area contributed by atoms with Crippen molar-refractivity contribution in [3.05, 3.63) is 0 Å². The van der Waals surface area contributed by atoms with Gasteiger partial charge in [0.15, 0.2) is 0 Å². The topological polar surface area (TPSA) is 139 Å². The Morgan fingerprint density at radius 1 is 0.625 bits per heavy atom.